The van der Waals surface area contributed by atoms with E-state index in [9.17, 15) is 18.0 Å². The second-order valence-electron chi connectivity index (χ2n) is 10.2. The zero-order valence-corrected chi connectivity index (χ0v) is 25.6. The van der Waals surface area contributed by atoms with Crippen LogP contribution in [0.5, 0.6) is 5.75 Å². The Balaban J connectivity index is 2.10. The van der Waals surface area contributed by atoms with Crippen LogP contribution in [-0.2, 0) is 26.2 Å². The van der Waals surface area contributed by atoms with Gasteiger partial charge in [-0.25, -0.2) is 8.42 Å². The minimum Gasteiger partial charge on any atom is -0.497 e. The molecule has 0 aromatic heterocycles. The maximum atomic E-state index is 14.2. The number of methoxy groups -OCH3 is 1. The fraction of sp³-hybridized carbons (Fsp3) is 0.375. The van der Waals surface area contributed by atoms with Crippen LogP contribution in [0.25, 0.3) is 0 Å². The zero-order valence-electron chi connectivity index (χ0n) is 24.8. The molecular formula is C32H41N3O5S. The van der Waals surface area contributed by atoms with Gasteiger partial charge in [-0.05, 0) is 80.6 Å². The van der Waals surface area contributed by atoms with Crippen molar-refractivity contribution in [3.63, 3.8) is 0 Å². The van der Waals surface area contributed by atoms with Crippen molar-refractivity contribution in [2.75, 3.05) is 18.0 Å². The number of anilines is 1. The molecular weight excluding hydrogens is 538 g/mol. The van der Waals surface area contributed by atoms with E-state index in [1.165, 1.54) is 17.0 Å². The molecule has 0 fully saturated rings. The van der Waals surface area contributed by atoms with Crippen molar-refractivity contribution in [3.8, 4) is 5.75 Å². The van der Waals surface area contributed by atoms with Gasteiger partial charge < -0.3 is 15.0 Å². The van der Waals surface area contributed by atoms with Gasteiger partial charge in [-0.3, -0.25) is 13.9 Å². The Bertz CT molecular complexity index is 1440. The molecule has 2 atom stereocenters. The molecule has 220 valence electrons. The Morgan fingerprint density at radius 1 is 0.927 bits per heavy atom. The molecule has 0 spiro atoms. The van der Waals surface area contributed by atoms with Crippen molar-refractivity contribution in [2.45, 2.75) is 71.0 Å². The lowest BCUT2D eigenvalue weighted by Crippen LogP contribution is -2.53. The highest BCUT2D eigenvalue weighted by atomic mass is 32.2. The van der Waals surface area contributed by atoms with Crippen molar-refractivity contribution in [1.29, 1.82) is 0 Å². The molecule has 0 heterocycles. The normalized spacial score (nSPS) is 12.7. The quantitative estimate of drug-likeness (QED) is 0.299. The van der Waals surface area contributed by atoms with Crippen molar-refractivity contribution in [1.82, 2.24) is 10.2 Å². The number of carbonyl (C=O) groups is 2. The van der Waals surface area contributed by atoms with E-state index in [0.717, 1.165) is 21.9 Å². The summed E-state index contributed by atoms with van der Waals surface area (Å²) in [6, 6.07) is 20.0. The molecule has 0 aliphatic carbocycles. The number of hydrogen-bond donors (Lipinski definition) is 1. The number of carbonyl (C=O) groups excluding carboxylic acids is 2. The summed E-state index contributed by atoms with van der Waals surface area (Å²) in [4.78, 5) is 29.2. The summed E-state index contributed by atoms with van der Waals surface area (Å²) in [6.45, 7) is 9.05. The second kappa shape index (κ2) is 14.2. The van der Waals surface area contributed by atoms with Crippen LogP contribution >= 0.6 is 0 Å². The molecule has 0 saturated carbocycles. The summed E-state index contributed by atoms with van der Waals surface area (Å²) in [6.07, 6.45) is 1.09. The smallest absolute Gasteiger partial charge is 0.264 e. The predicted octanol–water partition coefficient (Wildman–Crippen LogP) is 5.23. The van der Waals surface area contributed by atoms with Crippen LogP contribution in [0.1, 0.15) is 50.3 Å². The molecule has 0 saturated heterocycles. The topological polar surface area (TPSA) is 96.0 Å². The first-order valence-electron chi connectivity index (χ1n) is 13.9. The molecule has 0 aliphatic heterocycles. The van der Waals surface area contributed by atoms with E-state index in [2.05, 4.69) is 5.32 Å². The van der Waals surface area contributed by atoms with E-state index in [1.807, 2.05) is 65.0 Å². The molecule has 0 bridgehead atoms. The van der Waals surface area contributed by atoms with E-state index in [0.29, 0.717) is 23.4 Å². The number of ether oxygens (including phenoxy) is 1. The highest BCUT2D eigenvalue weighted by Gasteiger charge is 2.34. The summed E-state index contributed by atoms with van der Waals surface area (Å²) in [5, 5.41) is 2.99. The van der Waals surface area contributed by atoms with Crippen LogP contribution < -0.4 is 14.4 Å². The predicted molar refractivity (Wildman–Crippen MR) is 162 cm³/mol. The molecule has 2 amide bonds. The van der Waals surface area contributed by atoms with Gasteiger partial charge >= 0.3 is 0 Å². The SMILES string of the molecule is CC[C@H](C)NC(=O)[C@H](CC)N(Cc1cccc(OC)c1)C(=O)CN(c1cc(C)ccc1C)S(=O)(=O)c1ccccc1. The number of nitrogens with one attached hydrogen (secondary N) is 1. The summed E-state index contributed by atoms with van der Waals surface area (Å²) in [7, 11) is -2.55. The van der Waals surface area contributed by atoms with Gasteiger partial charge in [0, 0.05) is 12.6 Å². The zero-order chi connectivity index (χ0) is 30.2. The molecule has 9 heteroatoms. The summed E-state index contributed by atoms with van der Waals surface area (Å²) in [5.41, 5.74) is 2.75. The lowest BCUT2D eigenvalue weighted by Gasteiger charge is -2.34. The average molecular weight is 580 g/mol. The molecule has 0 radical (unpaired) electrons. The molecule has 3 aromatic carbocycles. The van der Waals surface area contributed by atoms with Gasteiger partial charge in [-0.2, -0.15) is 0 Å². The number of aryl methyl sites for hydroxylation is 2. The highest BCUT2D eigenvalue weighted by molar-refractivity contribution is 7.92. The van der Waals surface area contributed by atoms with E-state index in [-0.39, 0.29) is 23.4 Å². The Labute approximate surface area is 244 Å². The van der Waals surface area contributed by atoms with E-state index < -0.39 is 28.5 Å². The third kappa shape index (κ3) is 7.88. The molecule has 8 nitrogen and oxygen atoms in total. The van der Waals surface area contributed by atoms with Crippen molar-refractivity contribution in [2.24, 2.45) is 0 Å². The number of amides is 2. The first-order valence-corrected chi connectivity index (χ1v) is 15.3. The van der Waals surface area contributed by atoms with Gasteiger partial charge in [0.25, 0.3) is 10.0 Å². The lowest BCUT2D eigenvalue weighted by atomic mass is 10.1. The monoisotopic (exact) mass is 579 g/mol. The van der Waals surface area contributed by atoms with Gasteiger partial charge in [0.2, 0.25) is 11.8 Å². The lowest BCUT2D eigenvalue weighted by molar-refractivity contribution is -0.140. The number of rotatable bonds is 13. The van der Waals surface area contributed by atoms with E-state index in [1.54, 1.807) is 37.4 Å². The van der Waals surface area contributed by atoms with Gasteiger partial charge in [0.05, 0.1) is 17.7 Å². The molecule has 0 aliphatic rings. The highest BCUT2D eigenvalue weighted by Crippen LogP contribution is 2.29. The Kier molecular flexibility index (Phi) is 10.9. The minimum absolute atomic E-state index is 0.0739. The van der Waals surface area contributed by atoms with Crippen molar-refractivity contribution < 1.29 is 22.7 Å². The molecule has 1 N–H and O–H groups in total. The first-order chi connectivity index (χ1) is 19.5. The third-order valence-corrected chi connectivity index (χ3v) is 8.89. The molecule has 41 heavy (non-hydrogen) atoms. The van der Waals surface area contributed by atoms with Gasteiger partial charge in [0.1, 0.15) is 18.3 Å². The maximum absolute atomic E-state index is 14.2. The van der Waals surface area contributed by atoms with E-state index >= 15 is 0 Å². The van der Waals surface area contributed by atoms with Crippen LogP contribution in [0.4, 0.5) is 5.69 Å². The number of nitrogens with zero attached hydrogens (tertiary/aromatic N) is 2. The minimum atomic E-state index is -4.12. The van der Waals surface area contributed by atoms with Crippen LogP contribution in [-0.4, -0.2) is 50.9 Å². The van der Waals surface area contributed by atoms with Gasteiger partial charge in [-0.15, -0.1) is 0 Å². The van der Waals surface area contributed by atoms with Gasteiger partial charge in [0.15, 0.2) is 0 Å². The summed E-state index contributed by atoms with van der Waals surface area (Å²) < 4.78 is 34.6. The molecule has 3 rings (SSSR count). The Morgan fingerprint density at radius 3 is 2.27 bits per heavy atom. The number of sulfonamides is 1. The standard InChI is InChI=1S/C32H41N3O5S/c1-7-25(5)33-32(37)29(8-2)34(21-26-13-12-14-27(20-26)40-6)31(36)22-35(30-19-23(3)17-18-24(30)4)41(38,39)28-15-10-9-11-16-28/h9-20,25,29H,7-8,21-22H2,1-6H3,(H,33,37)/t25-,29-/m0/s1. The van der Waals surface area contributed by atoms with Crippen LogP contribution in [0.3, 0.4) is 0 Å². The second-order valence-corrected chi connectivity index (χ2v) is 12.1. The van der Waals surface area contributed by atoms with E-state index in [4.69, 9.17) is 4.74 Å². The first kappa shape index (κ1) is 31.7. The molecule has 3 aromatic rings. The maximum Gasteiger partial charge on any atom is 0.264 e. The summed E-state index contributed by atoms with van der Waals surface area (Å²) >= 11 is 0. The van der Waals surface area contributed by atoms with Crippen LogP contribution in [0.2, 0.25) is 0 Å². The Morgan fingerprint density at radius 2 is 1.63 bits per heavy atom. The largest absolute Gasteiger partial charge is 0.497 e. The number of hydrogen-bond acceptors (Lipinski definition) is 5. The third-order valence-electron chi connectivity index (χ3n) is 7.12. The molecule has 0 unspecified atom stereocenters. The fourth-order valence-corrected chi connectivity index (χ4v) is 6.04. The Hall–Kier alpha value is -3.85. The van der Waals surface area contributed by atoms with Crippen molar-refractivity contribution in [3.05, 3.63) is 89.5 Å². The number of benzene rings is 3. The van der Waals surface area contributed by atoms with Gasteiger partial charge in [-0.1, -0.05) is 56.3 Å². The fourth-order valence-electron chi connectivity index (χ4n) is 4.55. The van der Waals surface area contributed by atoms with Crippen molar-refractivity contribution >= 4 is 27.5 Å². The van der Waals surface area contributed by atoms with Crippen LogP contribution in [0.15, 0.2) is 77.7 Å². The summed E-state index contributed by atoms with van der Waals surface area (Å²) in [5.74, 6) is -0.141. The average Bonchev–Trinajstić information content (AvgIpc) is 2.97. The van der Waals surface area contributed by atoms with Crippen LogP contribution in [0, 0.1) is 13.8 Å².